The van der Waals surface area contributed by atoms with Crippen LogP contribution in [0.3, 0.4) is 0 Å². The summed E-state index contributed by atoms with van der Waals surface area (Å²) >= 11 is 0. The topological polar surface area (TPSA) is 94.3 Å². The normalized spacial score (nSPS) is 13.3. The van der Waals surface area contributed by atoms with Gasteiger partial charge in [-0.2, -0.15) is 0 Å². The summed E-state index contributed by atoms with van der Waals surface area (Å²) in [7, 11) is -6.58. The van der Waals surface area contributed by atoms with Crippen molar-refractivity contribution in [2.75, 3.05) is 17.8 Å². The van der Waals surface area contributed by atoms with Crippen LogP contribution in [0.2, 0.25) is 0 Å². The number of hydrogen-bond donors (Lipinski definition) is 1. The molecular weight excluding hydrogens is 190 g/mol. The molecule has 0 aromatic carbocycles. The molecule has 0 amide bonds. The number of sulfone groups is 1. The zero-order valence-corrected chi connectivity index (χ0v) is 7.78. The van der Waals surface area contributed by atoms with Crippen LogP contribution in [0.1, 0.15) is 6.42 Å². The highest BCUT2D eigenvalue weighted by molar-refractivity contribution is 7.91. The van der Waals surface area contributed by atoms with Crippen LogP contribution in [0.25, 0.3) is 0 Å². The van der Waals surface area contributed by atoms with Crippen LogP contribution in [0, 0.1) is 0 Å². The third-order valence-electron chi connectivity index (χ3n) is 0.944. The van der Waals surface area contributed by atoms with E-state index in [4.69, 9.17) is 0 Å². The summed E-state index contributed by atoms with van der Waals surface area (Å²) in [6.45, 7) is 0. The van der Waals surface area contributed by atoms with Gasteiger partial charge in [-0.05, 0) is 6.42 Å². The molecule has 0 rings (SSSR count). The molecule has 0 fully saturated rings. The molecule has 68 valence electrons. The van der Waals surface area contributed by atoms with Crippen LogP contribution in [-0.4, -0.2) is 34.6 Å². The number of primary sulfonamides is 1. The molecule has 0 aromatic rings. The van der Waals surface area contributed by atoms with Gasteiger partial charge in [0.25, 0.3) is 0 Å². The Morgan fingerprint density at radius 2 is 1.55 bits per heavy atom. The molecule has 0 heterocycles. The van der Waals surface area contributed by atoms with Crippen molar-refractivity contribution in [3.8, 4) is 0 Å². The van der Waals surface area contributed by atoms with Gasteiger partial charge in [-0.25, -0.2) is 22.0 Å². The van der Waals surface area contributed by atoms with Gasteiger partial charge >= 0.3 is 0 Å². The largest absolute Gasteiger partial charge is 0.229 e. The summed E-state index contributed by atoms with van der Waals surface area (Å²) < 4.78 is 41.6. The minimum atomic E-state index is -3.51. The molecule has 0 bridgehead atoms. The van der Waals surface area contributed by atoms with Gasteiger partial charge in [0.1, 0.15) is 9.84 Å². The Hall–Kier alpha value is -0.140. The van der Waals surface area contributed by atoms with E-state index < -0.39 is 19.9 Å². The van der Waals surface area contributed by atoms with Crippen molar-refractivity contribution >= 4 is 19.9 Å². The second-order valence-corrected chi connectivity index (χ2v) is 6.34. The first-order valence-corrected chi connectivity index (χ1v) is 6.66. The van der Waals surface area contributed by atoms with Crippen molar-refractivity contribution in [3.05, 3.63) is 0 Å². The maximum Gasteiger partial charge on any atom is 0.209 e. The highest BCUT2D eigenvalue weighted by Gasteiger charge is 2.06. The fourth-order valence-corrected chi connectivity index (χ4v) is 1.92. The van der Waals surface area contributed by atoms with Crippen molar-refractivity contribution in [2.45, 2.75) is 6.42 Å². The molecule has 0 saturated carbocycles. The highest BCUT2D eigenvalue weighted by Crippen LogP contribution is 1.91. The summed E-state index contributed by atoms with van der Waals surface area (Å²) in [6, 6.07) is 0. The third kappa shape index (κ3) is 9.86. The second kappa shape index (κ2) is 3.51. The van der Waals surface area contributed by atoms with Crippen LogP contribution >= 0.6 is 0 Å². The Morgan fingerprint density at radius 1 is 1.09 bits per heavy atom. The molecule has 0 aliphatic rings. The Labute approximate surface area is 66.6 Å². The average molecular weight is 201 g/mol. The van der Waals surface area contributed by atoms with Crippen molar-refractivity contribution in [3.63, 3.8) is 0 Å². The van der Waals surface area contributed by atoms with Crippen LogP contribution in [0.4, 0.5) is 0 Å². The highest BCUT2D eigenvalue weighted by atomic mass is 32.2. The maximum absolute atomic E-state index is 10.5. The lowest BCUT2D eigenvalue weighted by molar-refractivity contribution is 0.593. The van der Waals surface area contributed by atoms with Gasteiger partial charge in [-0.15, -0.1) is 0 Å². The molecule has 11 heavy (non-hydrogen) atoms. The van der Waals surface area contributed by atoms with E-state index in [0.29, 0.717) is 0 Å². The van der Waals surface area contributed by atoms with Gasteiger partial charge in [0, 0.05) is 6.26 Å². The smallest absolute Gasteiger partial charge is 0.209 e. The monoisotopic (exact) mass is 201 g/mol. The fraction of sp³-hybridized carbons (Fsp3) is 1.00. The third-order valence-corrected chi connectivity index (χ3v) is 2.83. The zero-order chi connectivity index (χ0) is 9.12. The number of sulfonamides is 1. The summed E-state index contributed by atoms with van der Waals surface area (Å²) in [5.74, 6) is -0.413. The van der Waals surface area contributed by atoms with Crippen LogP contribution in [0.5, 0.6) is 0 Å². The maximum atomic E-state index is 10.5. The lowest BCUT2D eigenvalue weighted by atomic mass is 10.6. The van der Waals surface area contributed by atoms with E-state index in [2.05, 4.69) is 5.14 Å². The summed E-state index contributed by atoms with van der Waals surface area (Å²) in [5, 5.41) is 4.64. The summed E-state index contributed by atoms with van der Waals surface area (Å²) in [5.41, 5.74) is 0. The molecule has 7 heteroatoms. The molecule has 2 N–H and O–H groups in total. The van der Waals surface area contributed by atoms with E-state index >= 15 is 0 Å². The average Bonchev–Trinajstić information content (AvgIpc) is 1.55. The quantitative estimate of drug-likeness (QED) is 0.612. The predicted octanol–water partition coefficient (Wildman–Crippen LogP) is -1.29. The van der Waals surface area contributed by atoms with Crippen molar-refractivity contribution in [1.82, 2.24) is 0 Å². The molecule has 0 atom stereocenters. The lowest BCUT2D eigenvalue weighted by Crippen LogP contribution is -2.18. The fourth-order valence-electron chi connectivity index (χ4n) is 0.522. The van der Waals surface area contributed by atoms with E-state index in [1.807, 2.05) is 0 Å². The standard InChI is InChI=1S/C4H11NO4S2/c1-10(6,7)3-2-4-11(5,8)9/h2-4H2,1H3,(H2,5,8,9). The summed E-state index contributed by atoms with van der Waals surface area (Å²) in [4.78, 5) is 0. The number of nitrogens with two attached hydrogens (primary N) is 1. The van der Waals surface area contributed by atoms with E-state index in [0.717, 1.165) is 6.26 Å². The first-order chi connectivity index (χ1) is 4.71. The molecular formula is C4H11NO4S2. The molecule has 0 unspecified atom stereocenters. The summed E-state index contributed by atoms with van der Waals surface area (Å²) in [6.07, 6.45) is 1.12. The van der Waals surface area contributed by atoms with Crippen molar-refractivity contribution < 1.29 is 16.8 Å². The Bertz CT molecular complexity index is 269. The molecule has 0 spiro atoms. The molecule has 0 saturated heterocycles. The first-order valence-electron chi connectivity index (χ1n) is 2.89. The molecule has 0 aromatic heterocycles. The van der Waals surface area contributed by atoms with E-state index in [1.54, 1.807) is 0 Å². The van der Waals surface area contributed by atoms with Gasteiger partial charge < -0.3 is 0 Å². The zero-order valence-electron chi connectivity index (χ0n) is 6.15. The predicted molar refractivity (Wildman–Crippen MR) is 42.3 cm³/mol. The Kier molecular flexibility index (Phi) is 3.46. The second-order valence-electron chi connectivity index (χ2n) is 2.35. The van der Waals surface area contributed by atoms with Gasteiger partial charge in [0.2, 0.25) is 10.0 Å². The van der Waals surface area contributed by atoms with Crippen LogP contribution < -0.4 is 5.14 Å². The van der Waals surface area contributed by atoms with Crippen LogP contribution in [0.15, 0.2) is 0 Å². The van der Waals surface area contributed by atoms with Crippen molar-refractivity contribution in [2.24, 2.45) is 5.14 Å². The number of rotatable bonds is 4. The van der Waals surface area contributed by atoms with Crippen molar-refractivity contribution in [1.29, 1.82) is 0 Å². The van der Waals surface area contributed by atoms with E-state index in [9.17, 15) is 16.8 Å². The SMILES string of the molecule is CS(=O)(=O)CCCS(N)(=O)=O. The van der Waals surface area contributed by atoms with E-state index in [1.165, 1.54) is 0 Å². The Morgan fingerprint density at radius 3 is 1.82 bits per heavy atom. The van der Waals surface area contributed by atoms with Gasteiger partial charge in [0.15, 0.2) is 0 Å². The minimum absolute atomic E-state index is 0.0671. The van der Waals surface area contributed by atoms with Crippen LogP contribution in [-0.2, 0) is 19.9 Å². The molecule has 0 aliphatic carbocycles. The molecule has 5 nitrogen and oxygen atoms in total. The van der Waals surface area contributed by atoms with E-state index in [-0.39, 0.29) is 17.9 Å². The van der Waals surface area contributed by atoms with Gasteiger partial charge in [-0.1, -0.05) is 0 Å². The lowest BCUT2D eigenvalue weighted by Gasteiger charge is -1.96. The van der Waals surface area contributed by atoms with Gasteiger partial charge in [0.05, 0.1) is 11.5 Å². The molecule has 0 radical (unpaired) electrons. The molecule has 0 aliphatic heterocycles. The Balaban J connectivity index is 3.79. The first kappa shape index (κ1) is 10.9. The number of hydrogen-bond acceptors (Lipinski definition) is 4. The van der Waals surface area contributed by atoms with Gasteiger partial charge in [-0.3, -0.25) is 0 Å². The minimum Gasteiger partial charge on any atom is -0.229 e.